The Bertz CT molecular complexity index is 1060. The number of hydrogen-bond acceptors (Lipinski definition) is 6. The Labute approximate surface area is 193 Å². The molecule has 2 aromatic rings. The van der Waals surface area contributed by atoms with Gasteiger partial charge in [0.25, 0.3) is 5.91 Å². The molecular weight excluding hydrogens is 424 g/mol. The van der Waals surface area contributed by atoms with Gasteiger partial charge in [-0.25, -0.2) is 0 Å². The minimum atomic E-state index is -0.345. The number of likely N-dealkylation sites (tertiary alicyclic amines) is 2. The zero-order chi connectivity index (χ0) is 22.9. The first-order valence-corrected chi connectivity index (χ1v) is 11.3. The van der Waals surface area contributed by atoms with Crippen LogP contribution < -0.4 is 18.9 Å². The van der Waals surface area contributed by atoms with E-state index in [4.69, 9.17) is 18.9 Å². The Morgan fingerprint density at radius 3 is 2.45 bits per heavy atom. The SMILES string of the molecule is COc1ccc(OC)c(C2CN(C(=O)c3ccc4c(c3)OCO4)CC2C(=O)N2CCCC2)c1. The lowest BCUT2D eigenvalue weighted by Crippen LogP contribution is -2.37. The first-order chi connectivity index (χ1) is 16.1. The van der Waals surface area contributed by atoms with Gasteiger partial charge in [-0.1, -0.05) is 0 Å². The molecule has 8 nitrogen and oxygen atoms in total. The average molecular weight is 453 g/mol. The Hall–Kier alpha value is -3.42. The first-order valence-electron chi connectivity index (χ1n) is 11.3. The van der Waals surface area contributed by atoms with Crippen molar-refractivity contribution in [1.29, 1.82) is 0 Å². The number of fused-ring (bicyclic) bond motifs is 1. The van der Waals surface area contributed by atoms with Crippen LogP contribution in [0.25, 0.3) is 0 Å². The molecule has 0 aromatic heterocycles. The third-order valence-electron chi connectivity index (χ3n) is 6.80. The van der Waals surface area contributed by atoms with Crippen molar-refractivity contribution in [2.75, 3.05) is 47.2 Å². The first kappa shape index (κ1) is 21.4. The van der Waals surface area contributed by atoms with Gasteiger partial charge in [0, 0.05) is 43.2 Å². The highest BCUT2D eigenvalue weighted by Gasteiger charge is 2.44. The summed E-state index contributed by atoms with van der Waals surface area (Å²) in [5.41, 5.74) is 1.40. The van der Waals surface area contributed by atoms with Crippen LogP contribution >= 0.6 is 0 Å². The summed E-state index contributed by atoms with van der Waals surface area (Å²) in [5.74, 6) is 2.02. The van der Waals surface area contributed by atoms with Crippen molar-refractivity contribution in [3.8, 4) is 23.0 Å². The molecule has 0 aliphatic carbocycles. The number of carbonyl (C=O) groups is 2. The van der Waals surface area contributed by atoms with Crippen LogP contribution in [0.5, 0.6) is 23.0 Å². The number of benzene rings is 2. The van der Waals surface area contributed by atoms with Gasteiger partial charge in [0.1, 0.15) is 11.5 Å². The predicted molar refractivity (Wildman–Crippen MR) is 120 cm³/mol. The molecule has 2 amide bonds. The van der Waals surface area contributed by atoms with E-state index in [0.29, 0.717) is 41.7 Å². The van der Waals surface area contributed by atoms with Gasteiger partial charge in [-0.05, 0) is 49.2 Å². The van der Waals surface area contributed by atoms with E-state index in [-0.39, 0.29) is 30.4 Å². The summed E-state index contributed by atoms with van der Waals surface area (Å²) in [7, 11) is 3.23. The van der Waals surface area contributed by atoms with Gasteiger partial charge in [0.15, 0.2) is 11.5 Å². The predicted octanol–water partition coefficient (Wildman–Crippen LogP) is 2.91. The summed E-state index contributed by atoms with van der Waals surface area (Å²) in [6.07, 6.45) is 2.04. The molecular formula is C25H28N2O6. The summed E-state index contributed by atoms with van der Waals surface area (Å²) in [4.78, 5) is 30.7. The van der Waals surface area contributed by atoms with Crippen molar-refractivity contribution in [2.45, 2.75) is 18.8 Å². The van der Waals surface area contributed by atoms with E-state index in [2.05, 4.69) is 0 Å². The zero-order valence-electron chi connectivity index (χ0n) is 18.9. The standard InChI is InChI=1S/C25H28N2O6/c1-30-17-6-8-21(31-2)18(12-17)19-13-27(14-20(19)25(29)26-9-3-4-10-26)24(28)16-5-7-22-23(11-16)33-15-32-22/h5-8,11-12,19-20H,3-4,9-10,13-15H2,1-2H3. The van der Waals surface area contributed by atoms with Crippen LogP contribution in [-0.2, 0) is 4.79 Å². The monoisotopic (exact) mass is 452 g/mol. The third kappa shape index (κ3) is 3.94. The maximum absolute atomic E-state index is 13.5. The van der Waals surface area contributed by atoms with Gasteiger partial charge in [-0.15, -0.1) is 0 Å². The number of carbonyl (C=O) groups excluding carboxylic acids is 2. The Balaban J connectivity index is 1.47. The fourth-order valence-electron chi connectivity index (χ4n) is 5.05. The molecule has 8 heteroatoms. The number of rotatable bonds is 5. The minimum Gasteiger partial charge on any atom is -0.497 e. The fourth-order valence-corrected chi connectivity index (χ4v) is 5.05. The van der Waals surface area contributed by atoms with Crippen molar-refractivity contribution in [1.82, 2.24) is 9.80 Å². The molecule has 0 spiro atoms. The van der Waals surface area contributed by atoms with E-state index < -0.39 is 0 Å². The molecule has 2 aromatic carbocycles. The summed E-state index contributed by atoms with van der Waals surface area (Å²) >= 11 is 0. The highest BCUT2D eigenvalue weighted by Crippen LogP contribution is 2.41. The van der Waals surface area contributed by atoms with E-state index in [1.807, 2.05) is 23.1 Å². The molecule has 5 rings (SSSR count). The molecule has 3 heterocycles. The van der Waals surface area contributed by atoms with Crippen LogP contribution in [0, 0.1) is 5.92 Å². The minimum absolute atomic E-state index is 0.100. The van der Waals surface area contributed by atoms with Gasteiger partial charge in [-0.3, -0.25) is 9.59 Å². The van der Waals surface area contributed by atoms with Crippen LogP contribution in [0.2, 0.25) is 0 Å². The molecule has 0 saturated carbocycles. The number of methoxy groups -OCH3 is 2. The molecule has 2 unspecified atom stereocenters. The molecule has 0 radical (unpaired) electrons. The molecule has 33 heavy (non-hydrogen) atoms. The van der Waals surface area contributed by atoms with Gasteiger partial charge in [0.2, 0.25) is 12.7 Å². The van der Waals surface area contributed by atoms with Crippen LogP contribution in [0.15, 0.2) is 36.4 Å². The molecule has 3 aliphatic rings. The van der Waals surface area contributed by atoms with Crippen LogP contribution in [-0.4, -0.2) is 68.8 Å². The van der Waals surface area contributed by atoms with Crippen molar-refractivity contribution in [3.63, 3.8) is 0 Å². The van der Waals surface area contributed by atoms with Gasteiger partial charge in [0.05, 0.1) is 20.1 Å². The zero-order valence-corrected chi connectivity index (χ0v) is 18.9. The maximum atomic E-state index is 13.5. The van der Waals surface area contributed by atoms with E-state index in [9.17, 15) is 9.59 Å². The number of amides is 2. The quantitative estimate of drug-likeness (QED) is 0.694. The average Bonchev–Trinajstić information content (AvgIpc) is 3.62. The van der Waals surface area contributed by atoms with Crippen molar-refractivity contribution in [2.24, 2.45) is 5.92 Å². The topological polar surface area (TPSA) is 77.5 Å². The summed E-state index contributed by atoms with van der Waals surface area (Å²) in [5, 5.41) is 0. The van der Waals surface area contributed by atoms with Crippen LogP contribution in [0.4, 0.5) is 0 Å². The van der Waals surface area contributed by atoms with Crippen molar-refractivity contribution >= 4 is 11.8 Å². The Morgan fingerprint density at radius 1 is 0.909 bits per heavy atom. The molecule has 2 saturated heterocycles. The Kier molecular flexibility index (Phi) is 5.74. The number of nitrogens with zero attached hydrogens (tertiary/aromatic N) is 2. The largest absolute Gasteiger partial charge is 0.497 e. The smallest absolute Gasteiger partial charge is 0.254 e. The molecule has 174 valence electrons. The lowest BCUT2D eigenvalue weighted by molar-refractivity contribution is -0.134. The van der Waals surface area contributed by atoms with E-state index in [0.717, 1.165) is 31.5 Å². The summed E-state index contributed by atoms with van der Waals surface area (Å²) in [6, 6.07) is 10.8. The molecule has 0 N–H and O–H groups in total. The van der Waals surface area contributed by atoms with E-state index in [1.165, 1.54) is 0 Å². The molecule has 2 atom stereocenters. The molecule has 3 aliphatic heterocycles. The Morgan fingerprint density at radius 2 is 1.70 bits per heavy atom. The molecule has 2 fully saturated rings. The van der Waals surface area contributed by atoms with Gasteiger partial charge in [-0.2, -0.15) is 0 Å². The summed E-state index contributed by atoms with van der Waals surface area (Å²) < 4.78 is 21.9. The van der Waals surface area contributed by atoms with Crippen LogP contribution in [0.3, 0.4) is 0 Å². The highest BCUT2D eigenvalue weighted by molar-refractivity contribution is 5.96. The van der Waals surface area contributed by atoms with Gasteiger partial charge < -0.3 is 28.7 Å². The summed E-state index contributed by atoms with van der Waals surface area (Å²) in [6.45, 7) is 2.47. The lowest BCUT2D eigenvalue weighted by Gasteiger charge is -2.25. The second-order valence-electron chi connectivity index (χ2n) is 8.63. The lowest BCUT2D eigenvalue weighted by atomic mass is 9.87. The van der Waals surface area contributed by atoms with Crippen molar-refractivity contribution < 1.29 is 28.5 Å². The van der Waals surface area contributed by atoms with E-state index in [1.54, 1.807) is 37.3 Å². The highest BCUT2D eigenvalue weighted by atomic mass is 16.7. The molecule has 0 bridgehead atoms. The van der Waals surface area contributed by atoms with Crippen LogP contribution in [0.1, 0.15) is 34.7 Å². The van der Waals surface area contributed by atoms with E-state index >= 15 is 0 Å². The fraction of sp³-hybridized carbons (Fsp3) is 0.440. The maximum Gasteiger partial charge on any atom is 0.254 e. The second kappa shape index (κ2) is 8.84. The second-order valence-corrected chi connectivity index (χ2v) is 8.63. The van der Waals surface area contributed by atoms with Crippen molar-refractivity contribution in [3.05, 3.63) is 47.5 Å². The number of hydrogen-bond donors (Lipinski definition) is 0. The third-order valence-corrected chi connectivity index (χ3v) is 6.80. The normalized spacial score (nSPS) is 21.4. The number of ether oxygens (including phenoxy) is 4. The van der Waals surface area contributed by atoms with Gasteiger partial charge >= 0.3 is 0 Å².